The van der Waals surface area contributed by atoms with Gasteiger partial charge in [0.25, 0.3) is 0 Å². The van der Waals surface area contributed by atoms with Crippen LogP contribution in [0.3, 0.4) is 0 Å². The number of anilines is 1. The molecular formula is C11H17N3O. The molecule has 0 saturated heterocycles. The van der Waals surface area contributed by atoms with E-state index in [4.69, 9.17) is 4.74 Å². The lowest BCUT2D eigenvalue weighted by Gasteiger charge is -2.38. The molecule has 0 aromatic carbocycles. The first-order valence-corrected chi connectivity index (χ1v) is 5.33. The summed E-state index contributed by atoms with van der Waals surface area (Å²) >= 11 is 0. The average molecular weight is 207 g/mol. The van der Waals surface area contributed by atoms with E-state index >= 15 is 0 Å². The standard InChI is InChI=1S/C11H17N3O/c1-11(5-3-6-11)8-13-10-12-7-4-9(14-10)15-2/h4,7H,3,5-6,8H2,1-2H3,(H,12,13,14). The Morgan fingerprint density at radius 3 is 2.93 bits per heavy atom. The Balaban J connectivity index is 1.92. The summed E-state index contributed by atoms with van der Waals surface area (Å²) in [5.74, 6) is 1.26. The van der Waals surface area contributed by atoms with Crippen LogP contribution in [0, 0.1) is 5.41 Å². The first-order valence-electron chi connectivity index (χ1n) is 5.33. The molecule has 4 nitrogen and oxygen atoms in total. The Kier molecular flexibility index (Phi) is 2.75. The third-order valence-corrected chi connectivity index (χ3v) is 3.07. The maximum Gasteiger partial charge on any atom is 0.225 e. The van der Waals surface area contributed by atoms with Crippen molar-refractivity contribution in [3.05, 3.63) is 12.3 Å². The number of aromatic nitrogens is 2. The third kappa shape index (κ3) is 2.37. The minimum Gasteiger partial charge on any atom is -0.481 e. The Morgan fingerprint density at radius 2 is 2.33 bits per heavy atom. The van der Waals surface area contributed by atoms with E-state index < -0.39 is 0 Å². The van der Waals surface area contributed by atoms with Gasteiger partial charge in [0.1, 0.15) is 0 Å². The zero-order valence-corrected chi connectivity index (χ0v) is 9.29. The number of methoxy groups -OCH3 is 1. The highest BCUT2D eigenvalue weighted by Crippen LogP contribution is 2.39. The molecule has 1 fully saturated rings. The predicted molar refractivity (Wildman–Crippen MR) is 59.0 cm³/mol. The van der Waals surface area contributed by atoms with Crippen LogP contribution in [0.25, 0.3) is 0 Å². The summed E-state index contributed by atoms with van der Waals surface area (Å²) in [6.07, 6.45) is 5.64. The highest BCUT2D eigenvalue weighted by molar-refractivity contribution is 5.27. The fraction of sp³-hybridized carbons (Fsp3) is 0.636. The lowest BCUT2D eigenvalue weighted by atomic mass is 9.70. The maximum absolute atomic E-state index is 5.04. The van der Waals surface area contributed by atoms with Crippen molar-refractivity contribution in [2.75, 3.05) is 19.0 Å². The van der Waals surface area contributed by atoms with Gasteiger partial charge in [0.2, 0.25) is 11.8 Å². The Morgan fingerprint density at radius 1 is 1.53 bits per heavy atom. The molecule has 2 rings (SSSR count). The molecule has 1 aliphatic rings. The average Bonchev–Trinajstić information content (AvgIpc) is 2.24. The van der Waals surface area contributed by atoms with E-state index in [2.05, 4.69) is 22.2 Å². The number of hydrogen-bond donors (Lipinski definition) is 1. The molecule has 1 aromatic rings. The number of hydrogen-bond acceptors (Lipinski definition) is 4. The van der Waals surface area contributed by atoms with E-state index in [9.17, 15) is 0 Å². The number of nitrogens with one attached hydrogen (secondary N) is 1. The fourth-order valence-corrected chi connectivity index (χ4v) is 1.79. The van der Waals surface area contributed by atoms with Crippen LogP contribution >= 0.6 is 0 Å². The van der Waals surface area contributed by atoms with Gasteiger partial charge < -0.3 is 10.1 Å². The number of ether oxygens (including phenoxy) is 1. The van der Waals surface area contributed by atoms with Crippen molar-refractivity contribution in [3.63, 3.8) is 0 Å². The Bertz CT molecular complexity index is 336. The maximum atomic E-state index is 5.04. The van der Waals surface area contributed by atoms with Crippen LogP contribution < -0.4 is 10.1 Å². The van der Waals surface area contributed by atoms with Gasteiger partial charge in [0.15, 0.2) is 0 Å². The summed E-state index contributed by atoms with van der Waals surface area (Å²) in [5, 5.41) is 3.26. The minimum absolute atomic E-state index is 0.437. The van der Waals surface area contributed by atoms with Crippen LogP contribution in [0.2, 0.25) is 0 Å². The van der Waals surface area contributed by atoms with E-state index in [0.29, 0.717) is 17.2 Å². The van der Waals surface area contributed by atoms with E-state index in [0.717, 1.165) is 6.54 Å². The van der Waals surface area contributed by atoms with Crippen LogP contribution in [-0.4, -0.2) is 23.6 Å². The van der Waals surface area contributed by atoms with Gasteiger partial charge in [-0.25, -0.2) is 4.98 Å². The van der Waals surface area contributed by atoms with Crippen LogP contribution in [0.4, 0.5) is 5.95 Å². The molecular weight excluding hydrogens is 190 g/mol. The first-order chi connectivity index (χ1) is 7.22. The van der Waals surface area contributed by atoms with Gasteiger partial charge in [-0.3, -0.25) is 0 Å². The zero-order valence-electron chi connectivity index (χ0n) is 9.29. The van der Waals surface area contributed by atoms with E-state index in [-0.39, 0.29) is 0 Å². The molecule has 0 aliphatic heterocycles. The number of nitrogens with zero attached hydrogens (tertiary/aromatic N) is 2. The van der Waals surface area contributed by atoms with Gasteiger partial charge >= 0.3 is 0 Å². The molecule has 0 amide bonds. The Hall–Kier alpha value is -1.32. The second-order valence-electron chi connectivity index (χ2n) is 4.44. The normalized spacial score (nSPS) is 18.0. The predicted octanol–water partition coefficient (Wildman–Crippen LogP) is 2.09. The Labute approximate surface area is 90.1 Å². The minimum atomic E-state index is 0.437. The second kappa shape index (κ2) is 4.04. The van der Waals surface area contributed by atoms with Crippen LogP contribution in [0.1, 0.15) is 26.2 Å². The van der Waals surface area contributed by atoms with Crippen molar-refractivity contribution in [1.29, 1.82) is 0 Å². The van der Waals surface area contributed by atoms with Crippen molar-refractivity contribution < 1.29 is 4.74 Å². The number of rotatable bonds is 4. The summed E-state index contributed by atoms with van der Waals surface area (Å²) in [6.45, 7) is 3.24. The lowest BCUT2D eigenvalue weighted by molar-refractivity contribution is 0.179. The van der Waals surface area contributed by atoms with Gasteiger partial charge in [-0.1, -0.05) is 13.3 Å². The smallest absolute Gasteiger partial charge is 0.225 e. The SMILES string of the molecule is COc1ccnc(NCC2(C)CCC2)n1. The lowest BCUT2D eigenvalue weighted by Crippen LogP contribution is -2.33. The molecule has 0 atom stereocenters. The molecule has 1 N–H and O–H groups in total. The van der Waals surface area contributed by atoms with E-state index in [1.807, 2.05) is 0 Å². The van der Waals surface area contributed by atoms with Gasteiger partial charge in [0, 0.05) is 18.8 Å². The van der Waals surface area contributed by atoms with Crippen LogP contribution in [0.15, 0.2) is 12.3 Å². The molecule has 0 radical (unpaired) electrons. The largest absolute Gasteiger partial charge is 0.481 e. The van der Waals surface area contributed by atoms with Gasteiger partial charge in [-0.05, 0) is 18.3 Å². The fourth-order valence-electron chi connectivity index (χ4n) is 1.79. The van der Waals surface area contributed by atoms with Gasteiger partial charge in [-0.2, -0.15) is 4.98 Å². The molecule has 1 aliphatic carbocycles. The summed E-state index contributed by atoms with van der Waals surface area (Å²) < 4.78 is 5.04. The molecule has 82 valence electrons. The van der Waals surface area contributed by atoms with Gasteiger partial charge in [0.05, 0.1) is 7.11 Å². The monoisotopic (exact) mass is 207 g/mol. The third-order valence-electron chi connectivity index (χ3n) is 3.07. The molecule has 1 saturated carbocycles. The molecule has 0 spiro atoms. The van der Waals surface area contributed by atoms with Crippen molar-refractivity contribution in [2.45, 2.75) is 26.2 Å². The van der Waals surface area contributed by atoms with Crippen LogP contribution in [-0.2, 0) is 0 Å². The van der Waals surface area contributed by atoms with Crippen LogP contribution in [0.5, 0.6) is 5.88 Å². The molecule has 0 bridgehead atoms. The molecule has 4 heteroatoms. The van der Waals surface area contributed by atoms with Crippen molar-refractivity contribution in [1.82, 2.24) is 9.97 Å². The quantitative estimate of drug-likeness (QED) is 0.821. The van der Waals surface area contributed by atoms with Crippen molar-refractivity contribution >= 4 is 5.95 Å². The van der Waals surface area contributed by atoms with E-state index in [1.54, 1.807) is 19.4 Å². The summed E-state index contributed by atoms with van der Waals surface area (Å²) in [6, 6.07) is 1.75. The molecule has 1 heterocycles. The molecule has 0 unspecified atom stereocenters. The second-order valence-corrected chi connectivity index (χ2v) is 4.44. The molecule has 15 heavy (non-hydrogen) atoms. The zero-order chi connectivity index (χ0) is 10.7. The first kappa shape index (κ1) is 10.2. The summed E-state index contributed by atoms with van der Waals surface area (Å²) in [7, 11) is 1.61. The highest BCUT2D eigenvalue weighted by atomic mass is 16.5. The van der Waals surface area contributed by atoms with Crippen molar-refractivity contribution in [2.24, 2.45) is 5.41 Å². The van der Waals surface area contributed by atoms with Gasteiger partial charge in [-0.15, -0.1) is 0 Å². The van der Waals surface area contributed by atoms with Crippen molar-refractivity contribution in [3.8, 4) is 5.88 Å². The summed E-state index contributed by atoms with van der Waals surface area (Å²) in [4.78, 5) is 8.35. The molecule has 1 aromatic heterocycles. The topological polar surface area (TPSA) is 47.0 Å². The summed E-state index contributed by atoms with van der Waals surface area (Å²) in [5.41, 5.74) is 0.437. The highest BCUT2D eigenvalue weighted by Gasteiger charge is 2.31. The van der Waals surface area contributed by atoms with E-state index in [1.165, 1.54) is 19.3 Å².